The van der Waals surface area contributed by atoms with Gasteiger partial charge in [-0.3, -0.25) is 0 Å². The van der Waals surface area contributed by atoms with Gasteiger partial charge in [0.15, 0.2) is 0 Å². The molecule has 0 amide bonds. The molecule has 1 aromatic carbocycles. The van der Waals surface area contributed by atoms with Gasteiger partial charge in [0.1, 0.15) is 0 Å². The molecular formula is C20H27N3. The third-order valence-electron chi connectivity index (χ3n) is 5.50. The molecule has 0 aliphatic heterocycles. The highest BCUT2D eigenvalue weighted by molar-refractivity contribution is 5.34. The lowest BCUT2D eigenvalue weighted by molar-refractivity contribution is 0.319. The second kappa shape index (κ2) is 6.88. The Bertz CT molecular complexity index is 626. The fraction of sp³-hybridized carbons (Fsp3) is 0.550. The molecule has 1 heterocycles. The Kier molecular flexibility index (Phi) is 4.47. The van der Waals surface area contributed by atoms with Gasteiger partial charge in [-0.05, 0) is 56.7 Å². The summed E-state index contributed by atoms with van der Waals surface area (Å²) in [6, 6.07) is 11.0. The van der Waals surface area contributed by atoms with Crippen LogP contribution in [-0.2, 0) is 6.42 Å². The minimum absolute atomic E-state index is 0.498. The highest BCUT2D eigenvalue weighted by atomic mass is 15.3. The van der Waals surface area contributed by atoms with Crippen molar-refractivity contribution < 1.29 is 0 Å². The molecule has 1 aromatic heterocycles. The molecule has 1 unspecified atom stereocenters. The summed E-state index contributed by atoms with van der Waals surface area (Å²) >= 11 is 0. The molecule has 2 aromatic rings. The highest BCUT2D eigenvalue weighted by Gasteiger charge is 2.24. The van der Waals surface area contributed by atoms with E-state index in [2.05, 4.69) is 46.5 Å². The van der Waals surface area contributed by atoms with Gasteiger partial charge in [0.25, 0.3) is 0 Å². The van der Waals surface area contributed by atoms with Crippen molar-refractivity contribution in [2.24, 2.45) is 5.92 Å². The van der Waals surface area contributed by atoms with Crippen molar-refractivity contribution in [1.29, 1.82) is 0 Å². The van der Waals surface area contributed by atoms with Gasteiger partial charge in [-0.25, -0.2) is 4.68 Å². The first-order chi connectivity index (χ1) is 11.4. The van der Waals surface area contributed by atoms with Crippen LogP contribution < -0.4 is 5.32 Å². The Morgan fingerprint density at radius 2 is 1.83 bits per heavy atom. The van der Waals surface area contributed by atoms with Crippen molar-refractivity contribution in [3.05, 3.63) is 47.8 Å². The SMILES string of the molecule is c1ccc(-n2cc3c(n2)CCCC3NCC2CCCCC2)cc1. The first-order valence-corrected chi connectivity index (χ1v) is 9.27. The largest absolute Gasteiger partial charge is 0.310 e. The molecule has 0 bridgehead atoms. The zero-order chi connectivity index (χ0) is 15.5. The van der Waals surface area contributed by atoms with Crippen molar-refractivity contribution in [2.45, 2.75) is 57.4 Å². The number of nitrogens with one attached hydrogen (secondary N) is 1. The number of nitrogens with zero attached hydrogens (tertiary/aromatic N) is 2. The van der Waals surface area contributed by atoms with Crippen LogP contribution in [0, 0.1) is 5.92 Å². The van der Waals surface area contributed by atoms with E-state index in [9.17, 15) is 0 Å². The van der Waals surface area contributed by atoms with E-state index in [-0.39, 0.29) is 0 Å². The van der Waals surface area contributed by atoms with Crippen molar-refractivity contribution in [3.63, 3.8) is 0 Å². The van der Waals surface area contributed by atoms with Crippen LogP contribution in [0.2, 0.25) is 0 Å². The Morgan fingerprint density at radius 1 is 1.00 bits per heavy atom. The van der Waals surface area contributed by atoms with E-state index in [0.717, 1.165) is 18.0 Å². The van der Waals surface area contributed by atoms with Crippen molar-refractivity contribution in [1.82, 2.24) is 15.1 Å². The van der Waals surface area contributed by atoms with Crippen molar-refractivity contribution in [3.8, 4) is 5.69 Å². The van der Waals surface area contributed by atoms with Crippen molar-refractivity contribution in [2.75, 3.05) is 6.54 Å². The Hall–Kier alpha value is -1.61. The quantitative estimate of drug-likeness (QED) is 0.906. The van der Waals surface area contributed by atoms with Gasteiger partial charge in [-0.15, -0.1) is 0 Å². The Balaban J connectivity index is 1.48. The molecular weight excluding hydrogens is 282 g/mol. The number of hydrogen-bond acceptors (Lipinski definition) is 2. The van der Waals surface area contributed by atoms with E-state index in [1.165, 1.54) is 62.7 Å². The minimum Gasteiger partial charge on any atom is -0.310 e. The molecule has 3 heteroatoms. The van der Waals surface area contributed by atoms with Crippen LogP contribution >= 0.6 is 0 Å². The molecule has 0 saturated heterocycles. The van der Waals surface area contributed by atoms with E-state index >= 15 is 0 Å². The normalized spacial score (nSPS) is 22.0. The molecule has 1 saturated carbocycles. The van der Waals surface area contributed by atoms with E-state index in [1.54, 1.807) is 0 Å². The molecule has 23 heavy (non-hydrogen) atoms. The van der Waals surface area contributed by atoms with E-state index in [1.807, 2.05) is 0 Å². The number of aromatic nitrogens is 2. The summed E-state index contributed by atoms with van der Waals surface area (Å²) in [5.41, 5.74) is 3.88. The predicted molar refractivity (Wildman–Crippen MR) is 93.8 cm³/mol. The first kappa shape index (κ1) is 14.9. The van der Waals surface area contributed by atoms with Crippen LogP contribution in [0.4, 0.5) is 0 Å². The number of benzene rings is 1. The standard InChI is InChI=1S/C20H27N3/c1-3-8-16(9-4-1)14-21-19-12-7-13-20-18(19)15-23(22-20)17-10-5-2-6-11-17/h2,5-6,10-11,15-16,19,21H,1,3-4,7-9,12-14H2. The molecule has 1 atom stereocenters. The van der Waals surface area contributed by atoms with Gasteiger partial charge < -0.3 is 5.32 Å². The van der Waals surface area contributed by atoms with Gasteiger partial charge in [0.05, 0.1) is 11.4 Å². The summed E-state index contributed by atoms with van der Waals surface area (Å²) in [4.78, 5) is 0. The van der Waals surface area contributed by atoms with E-state index < -0.39 is 0 Å². The molecule has 2 aliphatic rings. The van der Waals surface area contributed by atoms with Crippen LogP contribution in [-0.4, -0.2) is 16.3 Å². The van der Waals surface area contributed by atoms with Gasteiger partial charge in [0.2, 0.25) is 0 Å². The van der Waals surface area contributed by atoms with Crippen LogP contribution in [0.15, 0.2) is 36.5 Å². The van der Waals surface area contributed by atoms with Crippen LogP contribution in [0.25, 0.3) is 5.69 Å². The summed E-state index contributed by atoms with van der Waals surface area (Å²) in [5.74, 6) is 0.887. The maximum Gasteiger partial charge on any atom is 0.0676 e. The highest BCUT2D eigenvalue weighted by Crippen LogP contribution is 2.31. The third kappa shape index (κ3) is 3.35. The fourth-order valence-electron chi connectivity index (χ4n) is 4.16. The summed E-state index contributed by atoms with van der Waals surface area (Å²) in [7, 11) is 0. The topological polar surface area (TPSA) is 29.9 Å². The average Bonchev–Trinajstić information content (AvgIpc) is 3.06. The molecule has 2 aliphatic carbocycles. The maximum absolute atomic E-state index is 4.84. The number of fused-ring (bicyclic) bond motifs is 1. The molecule has 3 nitrogen and oxygen atoms in total. The minimum atomic E-state index is 0.498. The summed E-state index contributed by atoms with van der Waals surface area (Å²) in [6.07, 6.45) is 13.0. The average molecular weight is 309 g/mol. The summed E-state index contributed by atoms with van der Waals surface area (Å²) < 4.78 is 2.06. The van der Waals surface area contributed by atoms with Crippen molar-refractivity contribution >= 4 is 0 Å². The smallest absolute Gasteiger partial charge is 0.0676 e. The third-order valence-corrected chi connectivity index (χ3v) is 5.50. The number of aryl methyl sites for hydroxylation is 1. The summed E-state index contributed by atoms with van der Waals surface area (Å²) in [5, 5.41) is 8.70. The van der Waals surface area contributed by atoms with Gasteiger partial charge >= 0.3 is 0 Å². The second-order valence-electron chi connectivity index (χ2n) is 7.17. The Morgan fingerprint density at radius 3 is 2.65 bits per heavy atom. The lowest BCUT2D eigenvalue weighted by Crippen LogP contribution is -2.30. The predicted octanol–water partition coefficient (Wildman–Crippen LogP) is 4.42. The van der Waals surface area contributed by atoms with Crippen LogP contribution in [0.1, 0.15) is 62.2 Å². The monoisotopic (exact) mass is 309 g/mol. The molecule has 1 fully saturated rings. The van der Waals surface area contributed by atoms with E-state index in [0.29, 0.717) is 6.04 Å². The first-order valence-electron chi connectivity index (χ1n) is 9.27. The van der Waals surface area contributed by atoms with Crippen LogP contribution in [0.3, 0.4) is 0 Å². The zero-order valence-electron chi connectivity index (χ0n) is 13.9. The lowest BCUT2D eigenvalue weighted by atomic mass is 9.88. The molecule has 122 valence electrons. The number of rotatable bonds is 4. The van der Waals surface area contributed by atoms with Crippen LogP contribution in [0.5, 0.6) is 0 Å². The Labute approximate surface area is 139 Å². The second-order valence-corrected chi connectivity index (χ2v) is 7.17. The number of hydrogen-bond donors (Lipinski definition) is 1. The molecule has 4 rings (SSSR count). The van der Waals surface area contributed by atoms with E-state index in [4.69, 9.17) is 5.10 Å². The number of para-hydroxylation sites is 1. The van der Waals surface area contributed by atoms with Gasteiger partial charge in [0, 0.05) is 17.8 Å². The van der Waals surface area contributed by atoms with Gasteiger partial charge in [-0.1, -0.05) is 37.5 Å². The molecule has 1 N–H and O–H groups in total. The zero-order valence-corrected chi connectivity index (χ0v) is 13.9. The summed E-state index contributed by atoms with van der Waals surface area (Å²) in [6.45, 7) is 1.18. The maximum atomic E-state index is 4.84. The molecule has 0 spiro atoms. The van der Waals surface area contributed by atoms with Gasteiger partial charge in [-0.2, -0.15) is 5.10 Å². The molecule has 0 radical (unpaired) electrons. The fourth-order valence-corrected chi connectivity index (χ4v) is 4.16. The lowest BCUT2D eigenvalue weighted by Gasteiger charge is -2.27.